The molecular formula is C13H22O2. The van der Waals surface area contributed by atoms with Gasteiger partial charge in [0.05, 0.1) is 6.61 Å². The molecule has 0 spiro atoms. The fraction of sp³-hybridized carbons (Fsp3) is 0.769. The lowest BCUT2D eigenvalue weighted by molar-refractivity contribution is -0.140. The summed E-state index contributed by atoms with van der Waals surface area (Å²) in [5.41, 5.74) is 1.01. The zero-order valence-corrected chi connectivity index (χ0v) is 10.1. The van der Waals surface area contributed by atoms with E-state index < -0.39 is 0 Å². The second kappa shape index (κ2) is 4.82. The van der Waals surface area contributed by atoms with Crippen LogP contribution in [0.3, 0.4) is 0 Å². The van der Waals surface area contributed by atoms with Crippen LogP contribution in [0.15, 0.2) is 12.2 Å². The molecule has 1 saturated carbocycles. The monoisotopic (exact) mass is 210 g/mol. The van der Waals surface area contributed by atoms with Gasteiger partial charge in [-0.2, -0.15) is 0 Å². The van der Waals surface area contributed by atoms with Crippen molar-refractivity contribution >= 4 is 5.97 Å². The van der Waals surface area contributed by atoms with Crippen molar-refractivity contribution in [1.82, 2.24) is 0 Å². The third kappa shape index (κ3) is 3.69. The minimum Gasteiger partial charge on any atom is -0.462 e. The van der Waals surface area contributed by atoms with E-state index in [-0.39, 0.29) is 5.97 Å². The molecule has 1 fully saturated rings. The summed E-state index contributed by atoms with van der Waals surface area (Å²) in [6, 6.07) is 0. The second-order valence-electron chi connectivity index (χ2n) is 5.33. The number of hydrogen-bond donors (Lipinski definition) is 0. The van der Waals surface area contributed by atoms with E-state index in [0.717, 1.165) is 0 Å². The Balaban J connectivity index is 2.27. The third-order valence-electron chi connectivity index (χ3n) is 3.24. The van der Waals surface area contributed by atoms with Gasteiger partial charge >= 0.3 is 5.97 Å². The number of rotatable bonds is 4. The molecule has 0 heterocycles. The van der Waals surface area contributed by atoms with E-state index in [9.17, 15) is 4.79 Å². The first-order valence-electron chi connectivity index (χ1n) is 5.79. The minimum atomic E-state index is -0.220. The molecule has 1 unspecified atom stereocenters. The van der Waals surface area contributed by atoms with Gasteiger partial charge in [-0.15, -0.1) is 0 Å². The van der Waals surface area contributed by atoms with Crippen LogP contribution in [0.1, 0.15) is 46.5 Å². The Hall–Kier alpha value is -0.790. The van der Waals surface area contributed by atoms with Crippen molar-refractivity contribution in [3.8, 4) is 0 Å². The van der Waals surface area contributed by atoms with E-state index in [1.807, 2.05) is 6.92 Å². The van der Waals surface area contributed by atoms with Gasteiger partial charge in [0.25, 0.3) is 0 Å². The van der Waals surface area contributed by atoms with Gasteiger partial charge in [0.15, 0.2) is 0 Å². The van der Waals surface area contributed by atoms with Gasteiger partial charge in [-0.3, -0.25) is 0 Å². The molecule has 0 amide bonds. The van der Waals surface area contributed by atoms with Crippen LogP contribution in [-0.4, -0.2) is 12.6 Å². The van der Waals surface area contributed by atoms with Crippen LogP contribution in [0, 0.1) is 11.3 Å². The Morgan fingerprint density at radius 3 is 2.67 bits per heavy atom. The summed E-state index contributed by atoms with van der Waals surface area (Å²) in [7, 11) is 0. The Bertz CT molecular complexity index is 253. The van der Waals surface area contributed by atoms with Crippen LogP contribution in [0.2, 0.25) is 0 Å². The maximum atomic E-state index is 11.4. The molecule has 1 atom stereocenters. The Morgan fingerprint density at radius 1 is 1.53 bits per heavy atom. The predicted octanol–water partition coefficient (Wildman–Crippen LogP) is 3.32. The van der Waals surface area contributed by atoms with Crippen molar-refractivity contribution in [2.75, 3.05) is 6.61 Å². The van der Waals surface area contributed by atoms with Gasteiger partial charge in [-0.1, -0.05) is 27.4 Å². The van der Waals surface area contributed by atoms with Gasteiger partial charge in [0.1, 0.15) is 0 Å². The lowest BCUT2D eigenvalue weighted by atomic mass is 9.91. The van der Waals surface area contributed by atoms with E-state index in [0.29, 0.717) is 29.9 Å². The smallest absolute Gasteiger partial charge is 0.333 e. The molecule has 2 nitrogen and oxygen atoms in total. The van der Waals surface area contributed by atoms with E-state index in [1.165, 1.54) is 19.3 Å². The maximum Gasteiger partial charge on any atom is 0.333 e. The van der Waals surface area contributed by atoms with Crippen molar-refractivity contribution in [1.29, 1.82) is 0 Å². The molecule has 0 saturated heterocycles. The first-order valence-corrected chi connectivity index (χ1v) is 5.79. The number of ether oxygens (including phenoxy) is 1. The summed E-state index contributed by atoms with van der Waals surface area (Å²) in [4.78, 5) is 11.4. The number of carbonyl (C=O) groups is 1. The molecule has 2 heteroatoms. The summed E-state index contributed by atoms with van der Waals surface area (Å²) in [6.07, 6.45) is 4.26. The molecule has 86 valence electrons. The normalized spacial score (nSPS) is 23.8. The fourth-order valence-electron chi connectivity index (χ4n) is 2.16. The predicted molar refractivity (Wildman–Crippen MR) is 61.5 cm³/mol. The summed E-state index contributed by atoms with van der Waals surface area (Å²) in [5.74, 6) is 0.329. The van der Waals surface area contributed by atoms with Crippen molar-refractivity contribution in [2.45, 2.75) is 46.5 Å². The zero-order chi connectivity index (χ0) is 11.5. The van der Waals surface area contributed by atoms with Crippen molar-refractivity contribution in [3.63, 3.8) is 0 Å². The molecule has 1 aliphatic carbocycles. The highest BCUT2D eigenvalue weighted by Gasteiger charge is 2.31. The largest absolute Gasteiger partial charge is 0.462 e. The molecule has 0 N–H and O–H groups in total. The summed E-state index contributed by atoms with van der Waals surface area (Å²) in [5, 5.41) is 0. The van der Waals surface area contributed by atoms with Crippen LogP contribution in [-0.2, 0) is 9.53 Å². The SMILES string of the molecule is C=C(CC)C(=O)OCC1CCC(C)(C)C1. The molecule has 15 heavy (non-hydrogen) atoms. The molecule has 0 aromatic carbocycles. The second-order valence-corrected chi connectivity index (χ2v) is 5.33. The van der Waals surface area contributed by atoms with Crippen molar-refractivity contribution < 1.29 is 9.53 Å². The van der Waals surface area contributed by atoms with E-state index in [4.69, 9.17) is 4.74 Å². The van der Waals surface area contributed by atoms with E-state index in [2.05, 4.69) is 20.4 Å². The summed E-state index contributed by atoms with van der Waals surface area (Å²) in [6.45, 7) is 10.7. The highest BCUT2D eigenvalue weighted by molar-refractivity contribution is 5.87. The number of carbonyl (C=O) groups excluding carboxylic acids is 1. The number of esters is 1. The Morgan fingerprint density at radius 2 is 2.20 bits per heavy atom. The fourth-order valence-corrected chi connectivity index (χ4v) is 2.16. The van der Waals surface area contributed by atoms with Gasteiger partial charge in [0, 0.05) is 5.57 Å². The number of hydrogen-bond acceptors (Lipinski definition) is 2. The van der Waals surface area contributed by atoms with Crippen molar-refractivity contribution in [2.24, 2.45) is 11.3 Å². The highest BCUT2D eigenvalue weighted by atomic mass is 16.5. The van der Waals surface area contributed by atoms with Gasteiger partial charge in [0.2, 0.25) is 0 Å². The molecule has 0 bridgehead atoms. The quantitative estimate of drug-likeness (QED) is 0.525. The Kier molecular flexibility index (Phi) is 3.95. The third-order valence-corrected chi connectivity index (χ3v) is 3.24. The van der Waals surface area contributed by atoms with E-state index in [1.54, 1.807) is 0 Å². The van der Waals surface area contributed by atoms with Crippen molar-refractivity contribution in [3.05, 3.63) is 12.2 Å². The molecule has 1 aliphatic rings. The summed E-state index contributed by atoms with van der Waals surface area (Å²) >= 11 is 0. The highest BCUT2D eigenvalue weighted by Crippen LogP contribution is 2.40. The van der Waals surface area contributed by atoms with Gasteiger partial charge in [-0.25, -0.2) is 4.79 Å². The Labute approximate surface area is 92.7 Å². The first-order chi connectivity index (χ1) is 6.94. The van der Waals surface area contributed by atoms with Crippen LogP contribution >= 0.6 is 0 Å². The topological polar surface area (TPSA) is 26.3 Å². The summed E-state index contributed by atoms with van der Waals surface area (Å²) < 4.78 is 5.23. The molecule has 0 aromatic rings. The average molecular weight is 210 g/mol. The first kappa shape index (κ1) is 12.3. The molecule has 0 aromatic heterocycles. The minimum absolute atomic E-state index is 0.220. The van der Waals surface area contributed by atoms with Crippen LogP contribution in [0.25, 0.3) is 0 Å². The van der Waals surface area contributed by atoms with Crippen LogP contribution in [0.5, 0.6) is 0 Å². The van der Waals surface area contributed by atoms with E-state index >= 15 is 0 Å². The van der Waals surface area contributed by atoms with Gasteiger partial charge < -0.3 is 4.74 Å². The zero-order valence-electron chi connectivity index (χ0n) is 10.1. The maximum absolute atomic E-state index is 11.4. The lowest BCUT2D eigenvalue weighted by Gasteiger charge is -2.17. The van der Waals surface area contributed by atoms with Crippen LogP contribution < -0.4 is 0 Å². The molecule has 0 radical (unpaired) electrons. The average Bonchev–Trinajstić information content (AvgIpc) is 2.53. The molecular weight excluding hydrogens is 188 g/mol. The van der Waals surface area contributed by atoms with Gasteiger partial charge in [-0.05, 0) is 37.0 Å². The van der Waals surface area contributed by atoms with Crippen LogP contribution in [0.4, 0.5) is 0 Å². The molecule has 0 aliphatic heterocycles. The lowest BCUT2D eigenvalue weighted by Crippen LogP contribution is -2.14. The molecule has 1 rings (SSSR count). The standard InChI is InChI=1S/C13H22O2/c1-5-10(2)12(14)15-9-11-6-7-13(3,4)8-11/h11H,2,5-9H2,1,3-4H3.